The Hall–Kier alpha value is -2.61. The normalized spacial score (nSPS) is 14.7. The van der Waals surface area contributed by atoms with Crippen molar-refractivity contribution in [3.63, 3.8) is 0 Å². The molecule has 0 bridgehead atoms. The fourth-order valence-corrected chi connectivity index (χ4v) is 2.01. The third-order valence-corrected chi connectivity index (χ3v) is 2.96. The molecule has 0 amide bonds. The van der Waals surface area contributed by atoms with Gasteiger partial charge >= 0.3 is 5.97 Å². The van der Waals surface area contributed by atoms with E-state index >= 15 is 0 Å². The number of ketones is 1. The number of nitrogens with zero attached hydrogens (tertiary/aromatic N) is 1. The second kappa shape index (κ2) is 5.80. The number of hydrogen-bond acceptors (Lipinski definition) is 5. The predicted octanol–water partition coefficient (Wildman–Crippen LogP) is 1.49. The third-order valence-electron chi connectivity index (χ3n) is 2.65. The van der Waals surface area contributed by atoms with E-state index in [1.54, 1.807) is 0 Å². The lowest BCUT2D eigenvalue weighted by atomic mass is 10.0. The quantitative estimate of drug-likeness (QED) is 0.732. The van der Waals surface area contributed by atoms with Crippen molar-refractivity contribution in [2.24, 2.45) is 4.99 Å². The van der Waals surface area contributed by atoms with E-state index in [1.807, 2.05) is 0 Å². The lowest BCUT2D eigenvalue weighted by Gasteiger charge is -2.15. The van der Waals surface area contributed by atoms with Crippen LogP contribution in [0.2, 0.25) is 0 Å². The largest absolute Gasteiger partial charge is 0.509 e. The standard InChI is InChI=1S/C13H9FN2O4S/c14-6-1-3-7(4-2-6)16-12(21)9-8(17)5-15-10(11(9)18)13(19)20/h1-4,17H,5H2,(H,16,21)(H,19,20). The molecular weight excluding hydrogens is 299 g/mol. The van der Waals surface area contributed by atoms with Gasteiger partial charge in [-0.25, -0.2) is 9.18 Å². The molecule has 1 aromatic carbocycles. The highest BCUT2D eigenvalue weighted by molar-refractivity contribution is 7.81. The van der Waals surface area contributed by atoms with Crippen molar-refractivity contribution in [2.75, 3.05) is 11.9 Å². The van der Waals surface area contributed by atoms with Crippen LogP contribution in [0.5, 0.6) is 0 Å². The number of aliphatic hydroxyl groups excluding tert-OH is 1. The Morgan fingerprint density at radius 2 is 1.95 bits per heavy atom. The van der Waals surface area contributed by atoms with E-state index in [0.717, 1.165) is 0 Å². The van der Waals surface area contributed by atoms with Gasteiger partial charge in [0.1, 0.15) is 16.6 Å². The van der Waals surface area contributed by atoms with Crippen LogP contribution in [0.25, 0.3) is 0 Å². The lowest BCUT2D eigenvalue weighted by Crippen LogP contribution is -2.34. The van der Waals surface area contributed by atoms with Crippen molar-refractivity contribution >= 4 is 40.4 Å². The maximum absolute atomic E-state index is 12.8. The molecule has 0 aromatic heterocycles. The Labute approximate surface area is 123 Å². The summed E-state index contributed by atoms with van der Waals surface area (Å²) in [4.78, 5) is 26.1. The number of rotatable bonds is 3. The average Bonchev–Trinajstić information content (AvgIpc) is 2.41. The molecule has 8 heteroatoms. The highest BCUT2D eigenvalue weighted by Gasteiger charge is 2.32. The first-order valence-corrected chi connectivity index (χ1v) is 6.12. The maximum atomic E-state index is 12.8. The van der Waals surface area contributed by atoms with Gasteiger partial charge in [-0.2, -0.15) is 0 Å². The van der Waals surface area contributed by atoms with E-state index in [2.05, 4.69) is 10.3 Å². The van der Waals surface area contributed by atoms with Gasteiger partial charge < -0.3 is 15.5 Å². The first kappa shape index (κ1) is 14.8. The van der Waals surface area contributed by atoms with Crippen molar-refractivity contribution in [2.45, 2.75) is 0 Å². The van der Waals surface area contributed by atoms with E-state index < -0.39 is 29.0 Å². The number of benzene rings is 1. The van der Waals surface area contributed by atoms with Crippen LogP contribution in [0.4, 0.5) is 10.1 Å². The van der Waals surface area contributed by atoms with Crippen molar-refractivity contribution < 1.29 is 24.2 Å². The number of carboxylic acid groups (broad SMARTS) is 1. The van der Waals surface area contributed by atoms with Gasteiger partial charge in [0.25, 0.3) is 0 Å². The average molecular weight is 308 g/mol. The molecule has 108 valence electrons. The van der Waals surface area contributed by atoms with Crippen LogP contribution in [-0.2, 0) is 9.59 Å². The first-order valence-electron chi connectivity index (χ1n) is 5.71. The van der Waals surface area contributed by atoms with Gasteiger partial charge in [0.2, 0.25) is 5.78 Å². The van der Waals surface area contributed by atoms with Crippen LogP contribution >= 0.6 is 12.2 Å². The Morgan fingerprint density at radius 1 is 1.33 bits per heavy atom. The fourth-order valence-electron chi connectivity index (χ4n) is 1.68. The summed E-state index contributed by atoms with van der Waals surface area (Å²) in [7, 11) is 0. The summed E-state index contributed by atoms with van der Waals surface area (Å²) in [5.41, 5.74) is -0.610. The molecule has 0 fully saturated rings. The van der Waals surface area contributed by atoms with E-state index in [-0.39, 0.29) is 17.1 Å². The van der Waals surface area contributed by atoms with Crippen LogP contribution in [0.1, 0.15) is 0 Å². The number of thiocarbonyl (C=S) groups is 1. The summed E-state index contributed by atoms with van der Waals surface area (Å²) in [5, 5.41) is 21.2. The zero-order valence-electron chi connectivity index (χ0n) is 10.5. The number of dihydropyridines is 1. The molecule has 2 rings (SSSR count). The van der Waals surface area contributed by atoms with Crippen molar-refractivity contribution in [3.8, 4) is 0 Å². The molecule has 0 aliphatic carbocycles. The SMILES string of the molecule is O=C(O)C1=NCC(O)=C(C(=S)Nc2ccc(F)cc2)C1=O. The molecule has 1 aliphatic rings. The zero-order chi connectivity index (χ0) is 15.6. The summed E-state index contributed by atoms with van der Waals surface area (Å²) < 4.78 is 12.8. The number of aliphatic hydroxyl groups is 1. The smallest absolute Gasteiger partial charge is 0.358 e. The Balaban J connectivity index is 2.23. The number of hydrogen-bond donors (Lipinski definition) is 3. The number of carboxylic acids is 1. The molecule has 0 saturated heterocycles. The molecule has 0 saturated carbocycles. The molecule has 1 aromatic rings. The van der Waals surface area contributed by atoms with E-state index in [0.29, 0.717) is 5.69 Å². The second-order valence-electron chi connectivity index (χ2n) is 4.08. The van der Waals surface area contributed by atoms with Crippen molar-refractivity contribution in [3.05, 3.63) is 41.4 Å². The van der Waals surface area contributed by atoms with Crippen LogP contribution < -0.4 is 5.32 Å². The summed E-state index contributed by atoms with van der Waals surface area (Å²) in [6.45, 7) is -0.339. The lowest BCUT2D eigenvalue weighted by molar-refractivity contribution is -0.130. The van der Waals surface area contributed by atoms with Gasteiger partial charge in [0, 0.05) is 5.69 Å². The topological polar surface area (TPSA) is 99.0 Å². The van der Waals surface area contributed by atoms with E-state index in [1.165, 1.54) is 24.3 Å². The van der Waals surface area contributed by atoms with Gasteiger partial charge in [-0.3, -0.25) is 9.79 Å². The number of carbonyl (C=O) groups is 2. The van der Waals surface area contributed by atoms with Crippen LogP contribution in [-0.4, -0.2) is 39.2 Å². The van der Waals surface area contributed by atoms with E-state index in [4.69, 9.17) is 17.3 Å². The molecule has 1 heterocycles. The monoisotopic (exact) mass is 308 g/mol. The van der Waals surface area contributed by atoms with Crippen LogP contribution in [0.15, 0.2) is 40.6 Å². The molecule has 21 heavy (non-hydrogen) atoms. The number of aliphatic carboxylic acids is 1. The zero-order valence-corrected chi connectivity index (χ0v) is 11.3. The Bertz CT molecular complexity index is 695. The highest BCUT2D eigenvalue weighted by Crippen LogP contribution is 2.16. The van der Waals surface area contributed by atoms with Gasteiger partial charge in [-0.05, 0) is 24.3 Å². The number of carbonyl (C=O) groups excluding carboxylic acids is 1. The Kier molecular flexibility index (Phi) is 4.08. The number of aliphatic imine (C=N–C) groups is 1. The van der Waals surface area contributed by atoms with Gasteiger partial charge in [-0.15, -0.1) is 0 Å². The highest BCUT2D eigenvalue weighted by atomic mass is 32.1. The molecule has 6 nitrogen and oxygen atoms in total. The molecule has 0 atom stereocenters. The van der Waals surface area contributed by atoms with Crippen LogP contribution in [0, 0.1) is 5.82 Å². The summed E-state index contributed by atoms with van der Waals surface area (Å²) in [6, 6.07) is 5.15. The van der Waals surface area contributed by atoms with Crippen LogP contribution in [0.3, 0.4) is 0 Å². The molecular formula is C13H9FN2O4S. The van der Waals surface area contributed by atoms with Gasteiger partial charge in [-0.1, -0.05) is 12.2 Å². The minimum absolute atomic E-state index is 0.155. The molecule has 0 unspecified atom stereocenters. The predicted molar refractivity (Wildman–Crippen MR) is 77.2 cm³/mol. The van der Waals surface area contributed by atoms with E-state index in [9.17, 15) is 19.1 Å². The number of anilines is 1. The summed E-state index contributed by atoms with van der Waals surface area (Å²) in [5.74, 6) is -3.31. The molecule has 0 spiro atoms. The third kappa shape index (κ3) is 3.11. The van der Waals surface area contributed by atoms with Crippen molar-refractivity contribution in [1.82, 2.24) is 0 Å². The number of nitrogens with one attached hydrogen (secondary N) is 1. The van der Waals surface area contributed by atoms with Crippen molar-refractivity contribution in [1.29, 1.82) is 0 Å². The molecule has 3 N–H and O–H groups in total. The summed E-state index contributed by atoms with van der Waals surface area (Å²) in [6.07, 6.45) is 0. The summed E-state index contributed by atoms with van der Waals surface area (Å²) >= 11 is 4.99. The van der Waals surface area contributed by atoms with Gasteiger partial charge in [0.05, 0.1) is 12.1 Å². The maximum Gasteiger partial charge on any atom is 0.358 e. The number of halogens is 1. The minimum Gasteiger partial charge on any atom is -0.509 e. The molecule has 0 radical (unpaired) electrons. The first-order chi connectivity index (χ1) is 9.90. The fraction of sp³-hybridized carbons (Fsp3) is 0.0769. The minimum atomic E-state index is -1.49. The Morgan fingerprint density at radius 3 is 2.52 bits per heavy atom. The van der Waals surface area contributed by atoms with Gasteiger partial charge in [0.15, 0.2) is 5.71 Å². The second-order valence-corrected chi connectivity index (χ2v) is 4.49. The number of Topliss-reactive ketones (excluding diaryl/α,β-unsaturated/α-hetero) is 1. The molecule has 1 aliphatic heterocycles.